The van der Waals surface area contributed by atoms with Gasteiger partial charge in [-0.25, -0.2) is 32.0 Å². The van der Waals surface area contributed by atoms with Crippen molar-refractivity contribution in [3.63, 3.8) is 0 Å². The van der Waals surface area contributed by atoms with E-state index in [2.05, 4.69) is 31.7 Å². The van der Waals surface area contributed by atoms with Crippen LogP contribution in [-0.2, 0) is 77.8 Å². The molecule has 0 aromatic rings. The smallest absolute Gasteiger partial charge is 0.366 e. The summed E-state index contributed by atoms with van der Waals surface area (Å²) in [5, 5.41) is 10.4. The summed E-state index contributed by atoms with van der Waals surface area (Å²) in [5.74, 6) is 0. The van der Waals surface area contributed by atoms with Crippen LogP contribution < -0.4 is 0 Å². The molecule has 2 heterocycles. The predicted molar refractivity (Wildman–Crippen MR) is 145 cm³/mol. The van der Waals surface area contributed by atoms with Crippen molar-refractivity contribution in [2.24, 2.45) is 0 Å². The fourth-order valence-electron chi connectivity index (χ4n) is 4.20. The van der Waals surface area contributed by atoms with Gasteiger partial charge in [-0.3, -0.25) is 31.7 Å². The first kappa shape index (κ1) is 47.8. The molecule has 0 spiro atoms. The summed E-state index contributed by atoms with van der Waals surface area (Å²) < 4.78 is 127. The number of ether oxygens (including phenoxy) is 3. The standard InChI is InChI=1S/C12H29O32P7/c13-11-9(43-50(29,30)31)7(41-48(23,24)25)5(3(37-11)1-35-45(14,15)16)39-12-10(44-51(32,33)34)8(42-49(26,27)28)6(40-47(20,21)22)4(38-12)2-36-46(17,18)19/h3-13H,1-2H2,(H2,14,15,16)(H2,17,18,19)(H2,20,21,22)(H2,23,24,25)(H2,26,27,28)(H2,29,30,31)(H2,32,33,34)/t3?,4?,5-,6+,7+,8?,9?,10+,11?,12+/m1/s1. The van der Waals surface area contributed by atoms with E-state index in [9.17, 15) is 86.0 Å². The molecule has 0 aromatic carbocycles. The zero-order valence-electron chi connectivity index (χ0n) is 24.0. The van der Waals surface area contributed by atoms with Crippen LogP contribution in [-0.4, -0.2) is 148 Å². The van der Waals surface area contributed by atoms with Crippen LogP contribution in [0, 0.1) is 0 Å². The normalized spacial score (nSPS) is 32.2. The van der Waals surface area contributed by atoms with Gasteiger partial charge in [0.2, 0.25) is 0 Å². The molecular formula is C12H29O32P7. The second-order valence-corrected chi connectivity index (χ2v) is 18.0. The van der Waals surface area contributed by atoms with Crippen molar-refractivity contribution in [1.29, 1.82) is 0 Å². The number of rotatable bonds is 18. The van der Waals surface area contributed by atoms with Crippen molar-refractivity contribution in [3.8, 4) is 0 Å². The van der Waals surface area contributed by atoms with Crippen molar-refractivity contribution in [3.05, 3.63) is 0 Å². The van der Waals surface area contributed by atoms with E-state index in [-0.39, 0.29) is 0 Å². The topological polar surface area (TPSA) is 515 Å². The van der Waals surface area contributed by atoms with Crippen molar-refractivity contribution in [2.45, 2.75) is 61.4 Å². The van der Waals surface area contributed by atoms with Crippen LogP contribution in [0.1, 0.15) is 0 Å². The minimum Gasteiger partial charge on any atom is -0.366 e. The Morgan fingerprint density at radius 2 is 0.706 bits per heavy atom. The molecule has 304 valence electrons. The number of aliphatic hydroxyl groups is 1. The Hall–Kier alpha value is 0.610. The molecule has 0 bridgehead atoms. The van der Waals surface area contributed by atoms with E-state index in [0.29, 0.717) is 0 Å². The Bertz CT molecular complexity index is 1510. The molecular weight excluding hydrogens is 873 g/mol. The van der Waals surface area contributed by atoms with Gasteiger partial charge >= 0.3 is 54.8 Å². The molecule has 0 aliphatic carbocycles. The lowest BCUT2D eigenvalue weighted by atomic mass is 9.97. The maximum absolute atomic E-state index is 12.0. The summed E-state index contributed by atoms with van der Waals surface area (Å²) in [6, 6.07) is 0. The molecule has 0 amide bonds. The maximum Gasteiger partial charge on any atom is 0.470 e. The van der Waals surface area contributed by atoms with E-state index in [0.717, 1.165) is 0 Å². The zero-order valence-corrected chi connectivity index (χ0v) is 30.2. The first-order chi connectivity index (χ1) is 22.5. The Labute approximate surface area is 281 Å². The van der Waals surface area contributed by atoms with Crippen LogP contribution >= 0.6 is 54.8 Å². The lowest BCUT2D eigenvalue weighted by Crippen LogP contribution is -2.65. The van der Waals surface area contributed by atoms with E-state index in [1.165, 1.54) is 0 Å². The van der Waals surface area contributed by atoms with Gasteiger partial charge in [0, 0.05) is 0 Å². The van der Waals surface area contributed by atoms with Gasteiger partial charge < -0.3 is 87.8 Å². The SMILES string of the molecule is O=P(O)(O)OCC1O[C@@H](O[C@@H]2C(COP(=O)(O)O)OC(O)C(OP(=O)(O)O)[C@H]2OP(=O)(O)O)[C@@H](OP(=O)(O)O)C(OP(=O)(O)O)[C@H]1OP(=O)(O)O. The first-order valence-corrected chi connectivity index (χ1v) is 23.0. The van der Waals surface area contributed by atoms with Gasteiger partial charge in [-0.1, -0.05) is 0 Å². The highest BCUT2D eigenvalue weighted by Gasteiger charge is 2.59. The number of phosphoric ester groups is 7. The van der Waals surface area contributed by atoms with Crippen molar-refractivity contribution >= 4 is 54.8 Å². The van der Waals surface area contributed by atoms with Gasteiger partial charge in [0.1, 0.15) is 48.8 Å². The van der Waals surface area contributed by atoms with E-state index in [1.54, 1.807) is 0 Å². The third-order valence-corrected chi connectivity index (χ3v) is 9.16. The fraction of sp³-hybridized carbons (Fsp3) is 1.00. The van der Waals surface area contributed by atoms with Crippen LogP contribution in [0.25, 0.3) is 0 Å². The summed E-state index contributed by atoms with van der Waals surface area (Å²) in [6.45, 7) is -3.25. The highest BCUT2D eigenvalue weighted by molar-refractivity contribution is 7.47. The van der Waals surface area contributed by atoms with Crippen LogP contribution in [0.2, 0.25) is 0 Å². The number of hydrogen-bond acceptors (Lipinski definition) is 18. The molecule has 0 radical (unpaired) electrons. The summed E-state index contributed by atoms with van der Waals surface area (Å²) in [5.41, 5.74) is 0. The van der Waals surface area contributed by atoms with Gasteiger partial charge in [-0.05, 0) is 0 Å². The molecule has 2 aliphatic heterocycles. The van der Waals surface area contributed by atoms with E-state index >= 15 is 0 Å². The molecule has 32 nitrogen and oxygen atoms in total. The molecule has 0 saturated carbocycles. The van der Waals surface area contributed by atoms with E-state index < -0.39 is 129 Å². The molecule has 2 aliphatic rings. The van der Waals surface area contributed by atoms with Crippen LogP contribution in [0.3, 0.4) is 0 Å². The van der Waals surface area contributed by atoms with Crippen LogP contribution in [0.5, 0.6) is 0 Å². The van der Waals surface area contributed by atoms with Gasteiger partial charge in [-0.15, -0.1) is 0 Å². The average molecular weight is 902 g/mol. The summed E-state index contributed by atoms with van der Waals surface area (Å²) >= 11 is 0. The van der Waals surface area contributed by atoms with E-state index in [4.69, 9.17) is 33.8 Å². The molecule has 15 N–H and O–H groups in total. The van der Waals surface area contributed by atoms with Gasteiger partial charge in [0.15, 0.2) is 12.6 Å². The number of aliphatic hydroxyl groups excluding tert-OH is 1. The Morgan fingerprint density at radius 1 is 0.392 bits per heavy atom. The number of hydrogen-bond donors (Lipinski definition) is 15. The highest BCUT2D eigenvalue weighted by atomic mass is 31.2. The molecule has 39 heteroatoms. The summed E-state index contributed by atoms with van der Waals surface area (Å²) in [6.07, 6.45) is -28.3. The first-order valence-electron chi connectivity index (χ1n) is 12.3. The van der Waals surface area contributed by atoms with Crippen LogP contribution in [0.15, 0.2) is 0 Å². The molecule has 5 unspecified atom stereocenters. The molecule has 0 aromatic heterocycles. The molecule has 2 saturated heterocycles. The minimum absolute atomic E-state index is 1.58. The summed E-state index contributed by atoms with van der Waals surface area (Å²) in [7, 11) is -41.2. The van der Waals surface area contributed by atoms with Gasteiger partial charge in [0.05, 0.1) is 13.2 Å². The second kappa shape index (κ2) is 17.4. The van der Waals surface area contributed by atoms with E-state index in [1.807, 2.05) is 0 Å². The lowest BCUT2D eigenvalue weighted by Gasteiger charge is -2.49. The molecule has 10 atom stereocenters. The van der Waals surface area contributed by atoms with Crippen molar-refractivity contribution in [2.75, 3.05) is 13.2 Å². The van der Waals surface area contributed by atoms with Gasteiger partial charge in [0.25, 0.3) is 0 Å². The fourth-order valence-corrected chi connectivity index (χ4v) is 7.64. The summed E-state index contributed by atoms with van der Waals surface area (Å²) in [4.78, 5) is 131. The third-order valence-electron chi connectivity index (χ3n) is 5.60. The lowest BCUT2D eigenvalue weighted by molar-refractivity contribution is -0.347. The highest BCUT2D eigenvalue weighted by Crippen LogP contribution is 2.53. The second-order valence-electron chi connectivity index (χ2n) is 9.58. The zero-order chi connectivity index (χ0) is 39.8. The molecule has 51 heavy (non-hydrogen) atoms. The minimum atomic E-state index is -6.10. The molecule has 2 rings (SSSR count). The quantitative estimate of drug-likeness (QED) is 0.0576. The maximum atomic E-state index is 12.0. The Balaban J connectivity index is 2.87. The predicted octanol–water partition coefficient (Wildman–Crippen LogP) is -4.58. The molecule has 2 fully saturated rings. The van der Waals surface area contributed by atoms with Crippen molar-refractivity contribution in [1.82, 2.24) is 0 Å². The Kier molecular flexibility index (Phi) is 16.3. The average Bonchev–Trinajstić information content (AvgIpc) is 2.84. The Morgan fingerprint density at radius 3 is 1.08 bits per heavy atom. The van der Waals surface area contributed by atoms with Crippen molar-refractivity contribution < 1.29 is 151 Å². The third kappa shape index (κ3) is 18.0. The number of phosphoric acid groups is 7. The van der Waals surface area contributed by atoms with Crippen LogP contribution in [0.4, 0.5) is 0 Å². The monoisotopic (exact) mass is 902 g/mol. The van der Waals surface area contributed by atoms with Gasteiger partial charge in [-0.2, -0.15) is 0 Å². The largest absolute Gasteiger partial charge is 0.470 e.